The van der Waals surface area contributed by atoms with Gasteiger partial charge in [-0.3, -0.25) is 24.2 Å². The average Bonchev–Trinajstić information content (AvgIpc) is 3.32. The van der Waals surface area contributed by atoms with E-state index in [1.54, 1.807) is 0 Å². The minimum Gasteiger partial charge on any atom is -0.465 e. The lowest BCUT2D eigenvalue weighted by molar-refractivity contribution is -0.149. The van der Waals surface area contributed by atoms with E-state index in [4.69, 9.17) is 9.47 Å². The normalized spacial score (nSPS) is 13.8. The lowest BCUT2D eigenvalue weighted by atomic mass is 9.93. The number of nitrogens with one attached hydrogen (secondary N) is 1. The first kappa shape index (κ1) is 62.3. The van der Waals surface area contributed by atoms with Gasteiger partial charge in [0.15, 0.2) is 0 Å². The average molecular weight is 935 g/mol. The molecule has 1 saturated carbocycles. The summed E-state index contributed by atoms with van der Waals surface area (Å²) in [5, 5.41) is 13.3. The Bertz CT molecular complexity index is 1060. The topological polar surface area (TPSA) is 108 Å². The number of esters is 2. The third kappa shape index (κ3) is 38.2. The van der Waals surface area contributed by atoms with Crippen LogP contribution >= 0.6 is 0 Å². The van der Waals surface area contributed by atoms with Crippen LogP contribution in [0.5, 0.6) is 0 Å². The molecule has 1 fully saturated rings. The van der Waals surface area contributed by atoms with Crippen LogP contribution in [0.3, 0.4) is 0 Å². The number of carbonyl (C=O) groups is 3. The quantitative estimate of drug-likeness (QED) is 0.0459. The van der Waals surface area contributed by atoms with Crippen molar-refractivity contribution in [2.45, 2.75) is 278 Å². The third-order valence-corrected chi connectivity index (χ3v) is 14.3. The van der Waals surface area contributed by atoms with Gasteiger partial charge in [0.2, 0.25) is 5.91 Å². The lowest BCUT2D eigenvalue weighted by Gasteiger charge is -2.36. The van der Waals surface area contributed by atoms with Crippen molar-refractivity contribution in [3.63, 3.8) is 0 Å². The number of ether oxygens (including phenoxy) is 2. The van der Waals surface area contributed by atoms with Crippen LogP contribution in [0.2, 0.25) is 0 Å². The molecule has 1 atom stereocenters. The first-order valence-corrected chi connectivity index (χ1v) is 29.0. The first-order valence-electron chi connectivity index (χ1n) is 29.0. The van der Waals surface area contributed by atoms with Crippen LogP contribution in [0.15, 0.2) is 0 Å². The minimum absolute atomic E-state index is 0.0283. The van der Waals surface area contributed by atoms with E-state index >= 15 is 0 Å². The molecule has 1 unspecified atom stereocenters. The van der Waals surface area contributed by atoms with E-state index in [1.807, 2.05) is 0 Å². The summed E-state index contributed by atoms with van der Waals surface area (Å²) in [5.41, 5.74) is 0. The summed E-state index contributed by atoms with van der Waals surface area (Å²) >= 11 is 0. The number of aliphatic hydroxyl groups is 1. The molecule has 0 aliphatic heterocycles. The van der Waals surface area contributed by atoms with Crippen molar-refractivity contribution in [2.24, 2.45) is 11.8 Å². The molecule has 0 aromatic carbocycles. The Hall–Kier alpha value is -1.71. The van der Waals surface area contributed by atoms with Gasteiger partial charge < -0.3 is 19.9 Å². The molecule has 1 amide bonds. The largest absolute Gasteiger partial charge is 0.465 e. The molecule has 0 radical (unpaired) electrons. The molecule has 0 aromatic heterocycles. The van der Waals surface area contributed by atoms with Crippen LogP contribution < -0.4 is 5.32 Å². The van der Waals surface area contributed by atoms with Crippen LogP contribution in [0.1, 0.15) is 272 Å². The number of rotatable bonds is 49. The highest BCUT2D eigenvalue weighted by molar-refractivity contribution is 5.75. The van der Waals surface area contributed by atoms with Crippen molar-refractivity contribution >= 4 is 17.8 Å². The fourth-order valence-corrected chi connectivity index (χ4v) is 9.86. The van der Waals surface area contributed by atoms with E-state index < -0.39 is 0 Å². The lowest BCUT2D eigenvalue weighted by Crippen LogP contribution is -2.43. The predicted molar refractivity (Wildman–Crippen MR) is 279 cm³/mol. The highest BCUT2D eigenvalue weighted by atomic mass is 16.5. The molecule has 66 heavy (non-hydrogen) atoms. The zero-order valence-electron chi connectivity index (χ0n) is 44.3. The van der Waals surface area contributed by atoms with Crippen molar-refractivity contribution in [2.75, 3.05) is 59.1 Å². The third-order valence-electron chi connectivity index (χ3n) is 14.3. The highest BCUT2D eigenvalue weighted by Crippen LogP contribution is 2.24. The molecule has 0 heterocycles. The summed E-state index contributed by atoms with van der Waals surface area (Å²) in [7, 11) is 0. The van der Waals surface area contributed by atoms with Crippen molar-refractivity contribution in [1.82, 2.24) is 15.1 Å². The zero-order chi connectivity index (χ0) is 48.0. The molecule has 390 valence electrons. The summed E-state index contributed by atoms with van der Waals surface area (Å²) in [6.45, 7) is 15.4. The Morgan fingerprint density at radius 2 is 0.924 bits per heavy atom. The van der Waals surface area contributed by atoms with Crippen LogP contribution in [-0.4, -0.2) is 97.9 Å². The van der Waals surface area contributed by atoms with E-state index in [1.165, 1.54) is 148 Å². The summed E-state index contributed by atoms with van der Waals surface area (Å²) in [5.74, 6) is 0.644. The number of hydrogen-bond donors (Lipinski definition) is 2. The van der Waals surface area contributed by atoms with Crippen molar-refractivity contribution < 1.29 is 29.0 Å². The number of nitrogens with zero attached hydrogens (tertiary/aromatic N) is 2. The molecule has 0 aromatic rings. The number of hydrogen-bond acceptors (Lipinski definition) is 8. The van der Waals surface area contributed by atoms with Gasteiger partial charge in [-0.15, -0.1) is 0 Å². The van der Waals surface area contributed by atoms with Gasteiger partial charge in [0.25, 0.3) is 0 Å². The predicted octanol–water partition coefficient (Wildman–Crippen LogP) is 14.3. The standard InChI is InChI=1S/C57H111N3O6/c1-5-9-13-17-21-26-36-52(35-25-16-12-8-4)49-58-55(62)40-29-22-18-23-33-43-59(47-48-61)45-46-60(54-38-27-24-28-39-54)44-34-32-37-53(50-65-56(63)41-30-19-14-10-6-2)51-66-57(64)42-31-20-15-11-7-3/h52-54,61H,5-51H2,1-4H3,(H,58,62). The van der Waals surface area contributed by atoms with Gasteiger partial charge in [0, 0.05) is 57.4 Å². The summed E-state index contributed by atoms with van der Waals surface area (Å²) in [6.07, 6.45) is 43.3. The fourth-order valence-electron chi connectivity index (χ4n) is 9.86. The second-order valence-corrected chi connectivity index (χ2v) is 20.5. The smallest absolute Gasteiger partial charge is 0.305 e. The molecule has 0 bridgehead atoms. The van der Waals surface area contributed by atoms with E-state index in [0.29, 0.717) is 51.0 Å². The maximum atomic E-state index is 12.8. The van der Waals surface area contributed by atoms with Gasteiger partial charge in [0.05, 0.1) is 19.8 Å². The Kier molecular flexibility index (Phi) is 44.4. The minimum atomic E-state index is -0.125. The molecule has 2 N–H and O–H groups in total. The van der Waals surface area contributed by atoms with Crippen molar-refractivity contribution in [3.05, 3.63) is 0 Å². The molecule has 9 heteroatoms. The molecular weight excluding hydrogens is 823 g/mol. The van der Waals surface area contributed by atoms with Gasteiger partial charge in [-0.05, 0) is 83.2 Å². The van der Waals surface area contributed by atoms with Gasteiger partial charge in [-0.25, -0.2) is 0 Å². The summed E-state index contributed by atoms with van der Waals surface area (Å²) in [4.78, 5) is 43.2. The molecule has 9 nitrogen and oxygen atoms in total. The number of unbranched alkanes of at least 4 members (excludes halogenated alkanes) is 21. The zero-order valence-corrected chi connectivity index (χ0v) is 44.3. The fraction of sp³-hybridized carbons (Fsp3) is 0.947. The molecule has 1 rings (SSSR count). The van der Waals surface area contributed by atoms with E-state index in [-0.39, 0.29) is 30.4 Å². The van der Waals surface area contributed by atoms with E-state index in [9.17, 15) is 19.5 Å². The molecule has 1 aliphatic rings. The second-order valence-electron chi connectivity index (χ2n) is 20.5. The molecule has 0 spiro atoms. The first-order chi connectivity index (χ1) is 32.4. The SMILES string of the molecule is CCCCCCCCC(CCCCCC)CNC(=O)CCCCCCCN(CCO)CCN(CCCCC(COC(=O)CCCCCCC)COC(=O)CCCCCCC)C1CCCCC1. The summed E-state index contributed by atoms with van der Waals surface area (Å²) in [6, 6.07) is 0.622. The maximum absolute atomic E-state index is 12.8. The highest BCUT2D eigenvalue weighted by Gasteiger charge is 2.22. The molecule has 0 saturated heterocycles. The van der Waals surface area contributed by atoms with Crippen molar-refractivity contribution in [3.8, 4) is 0 Å². The van der Waals surface area contributed by atoms with Crippen LogP contribution in [0.4, 0.5) is 0 Å². The Morgan fingerprint density at radius 3 is 1.47 bits per heavy atom. The Labute approximate surface area is 409 Å². The Morgan fingerprint density at radius 1 is 0.485 bits per heavy atom. The molecule has 1 aliphatic carbocycles. The maximum Gasteiger partial charge on any atom is 0.305 e. The van der Waals surface area contributed by atoms with Gasteiger partial charge in [-0.1, -0.05) is 188 Å². The number of amides is 1. The van der Waals surface area contributed by atoms with Crippen molar-refractivity contribution in [1.29, 1.82) is 0 Å². The van der Waals surface area contributed by atoms with Crippen LogP contribution in [-0.2, 0) is 23.9 Å². The second kappa shape index (κ2) is 47.0. The van der Waals surface area contributed by atoms with Crippen LogP contribution in [0.25, 0.3) is 0 Å². The van der Waals surface area contributed by atoms with Crippen LogP contribution in [0, 0.1) is 11.8 Å². The molecular formula is C57H111N3O6. The Balaban J connectivity index is 2.54. The van der Waals surface area contributed by atoms with Gasteiger partial charge in [-0.2, -0.15) is 0 Å². The van der Waals surface area contributed by atoms with Gasteiger partial charge in [0.1, 0.15) is 0 Å². The summed E-state index contributed by atoms with van der Waals surface area (Å²) < 4.78 is 11.5. The van der Waals surface area contributed by atoms with E-state index in [2.05, 4.69) is 42.8 Å². The number of aliphatic hydroxyl groups excluding tert-OH is 1. The number of carbonyl (C=O) groups excluding carboxylic acids is 3. The van der Waals surface area contributed by atoms with Gasteiger partial charge >= 0.3 is 11.9 Å². The van der Waals surface area contributed by atoms with E-state index in [0.717, 1.165) is 110 Å². The monoisotopic (exact) mass is 934 g/mol.